The molecule has 0 saturated carbocycles. The molecule has 2 aliphatic heterocycles. The molecule has 0 unspecified atom stereocenters. The number of aromatic nitrogens is 2. The van der Waals surface area contributed by atoms with Gasteiger partial charge in [0, 0.05) is 17.1 Å². The first kappa shape index (κ1) is 17.4. The Labute approximate surface area is 172 Å². The van der Waals surface area contributed by atoms with Gasteiger partial charge in [-0.1, -0.05) is 41.3 Å². The molecule has 2 aromatic carbocycles. The summed E-state index contributed by atoms with van der Waals surface area (Å²) in [7, 11) is 0. The van der Waals surface area contributed by atoms with E-state index in [-0.39, 0.29) is 11.9 Å². The van der Waals surface area contributed by atoms with Gasteiger partial charge in [-0.3, -0.25) is 9.36 Å². The van der Waals surface area contributed by atoms with Gasteiger partial charge in [0.1, 0.15) is 12.0 Å². The van der Waals surface area contributed by atoms with Gasteiger partial charge in [0.2, 0.25) is 0 Å². The standard InChI is InChI=1S/C22H15Cl2N3O/c23-15-5-1-4-14(12-15)9-10-17-21-19-8-3-11-26(19)22(28)20-16(24)6-2-7-18(20)27(21)13-25-17/h1-2,4-7,12-13,19H,3,8,11H2/t19-/m0/s1. The molecule has 28 heavy (non-hydrogen) atoms. The van der Waals surface area contributed by atoms with Crippen LogP contribution in [0.4, 0.5) is 0 Å². The molecule has 0 spiro atoms. The smallest absolute Gasteiger partial charge is 0.258 e. The van der Waals surface area contributed by atoms with E-state index in [1.165, 1.54) is 0 Å². The van der Waals surface area contributed by atoms with Gasteiger partial charge in [-0.2, -0.15) is 0 Å². The second-order valence-electron chi connectivity index (χ2n) is 6.90. The summed E-state index contributed by atoms with van der Waals surface area (Å²) in [6.07, 6.45) is 3.57. The van der Waals surface area contributed by atoms with Crippen molar-refractivity contribution < 1.29 is 4.79 Å². The fourth-order valence-corrected chi connectivity index (χ4v) is 4.47. The van der Waals surface area contributed by atoms with Crippen molar-refractivity contribution in [2.45, 2.75) is 18.9 Å². The van der Waals surface area contributed by atoms with Crippen LogP contribution in [0.1, 0.15) is 46.2 Å². The van der Waals surface area contributed by atoms with E-state index in [1.807, 2.05) is 45.9 Å². The molecule has 0 aliphatic carbocycles. The Bertz CT molecular complexity index is 1170. The van der Waals surface area contributed by atoms with Crippen molar-refractivity contribution in [3.05, 3.63) is 81.4 Å². The molecule has 1 amide bonds. The van der Waals surface area contributed by atoms with Gasteiger partial charge in [0.25, 0.3) is 5.91 Å². The van der Waals surface area contributed by atoms with E-state index in [9.17, 15) is 4.79 Å². The predicted molar refractivity (Wildman–Crippen MR) is 109 cm³/mol. The van der Waals surface area contributed by atoms with Gasteiger partial charge in [-0.15, -0.1) is 0 Å². The summed E-state index contributed by atoms with van der Waals surface area (Å²) in [6, 6.07) is 12.9. The second kappa shape index (κ2) is 6.70. The lowest BCUT2D eigenvalue weighted by atomic mass is 10.1. The first-order valence-corrected chi connectivity index (χ1v) is 9.84. The number of hydrogen-bond acceptors (Lipinski definition) is 2. The number of carbonyl (C=O) groups excluding carboxylic acids is 1. The Morgan fingerprint density at radius 3 is 2.82 bits per heavy atom. The third-order valence-electron chi connectivity index (χ3n) is 5.25. The third kappa shape index (κ3) is 2.71. The van der Waals surface area contributed by atoms with E-state index < -0.39 is 0 Å². The summed E-state index contributed by atoms with van der Waals surface area (Å²) >= 11 is 12.5. The number of hydrogen-bond donors (Lipinski definition) is 0. The molecule has 2 aliphatic rings. The monoisotopic (exact) mass is 407 g/mol. The van der Waals surface area contributed by atoms with E-state index in [2.05, 4.69) is 16.8 Å². The van der Waals surface area contributed by atoms with Crippen molar-refractivity contribution in [3.63, 3.8) is 0 Å². The third-order valence-corrected chi connectivity index (χ3v) is 5.80. The minimum Gasteiger partial charge on any atom is -0.330 e. The van der Waals surface area contributed by atoms with Crippen LogP contribution in [0, 0.1) is 11.8 Å². The molecular weight excluding hydrogens is 393 g/mol. The molecule has 1 atom stereocenters. The Hall–Kier alpha value is -2.74. The van der Waals surface area contributed by atoms with E-state index in [0.717, 1.165) is 29.8 Å². The highest BCUT2D eigenvalue weighted by molar-refractivity contribution is 6.34. The van der Waals surface area contributed by atoms with Crippen LogP contribution in [0.2, 0.25) is 10.0 Å². The van der Waals surface area contributed by atoms with Crippen LogP contribution in [-0.4, -0.2) is 26.9 Å². The molecular formula is C22H15Cl2N3O. The van der Waals surface area contributed by atoms with E-state index in [1.54, 1.807) is 12.4 Å². The van der Waals surface area contributed by atoms with Crippen molar-refractivity contribution in [2.24, 2.45) is 0 Å². The average Bonchev–Trinajstić information content (AvgIpc) is 3.30. The molecule has 5 rings (SSSR count). The molecule has 0 radical (unpaired) electrons. The highest BCUT2D eigenvalue weighted by Gasteiger charge is 2.39. The molecule has 4 nitrogen and oxygen atoms in total. The summed E-state index contributed by atoms with van der Waals surface area (Å²) < 4.78 is 1.97. The van der Waals surface area contributed by atoms with Crippen LogP contribution in [-0.2, 0) is 0 Å². The van der Waals surface area contributed by atoms with Gasteiger partial charge < -0.3 is 4.90 Å². The Morgan fingerprint density at radius 1 is 1.11 bits per heavy atom. The lowest BCUT2D eigenvalue weighted by molar-refractivity contribution is 0.0738. The molecule has 1 saturated heterocycles. The maximum atomic E-state index is 13.2. The number of nitrogens with zero attached hydrogens (tertiary/aromatic N) is 3. The minimum absolute atomic E-state index is 0.0273. The molecule has 1 aromatic heterocycles. The van der Waals surface area contributed by atoms with Crippen molar-refractivity contribution in [1.29, 1.82) is 0 Å². The van der Waals surface area contributed by atoms with Gasteiger partial charge in [-0.05, 0) is 49.1 Å². The van der Waals surface area contributed by atoms with E-state index in [4.69, 9.17) is 23.2 Å². The minimum atomic E-state index is -0.0536. The van der Waals surface area contributed by atoms with Crippen LogP contribution in [0.15, 0.2) is 48.8 Å². The summed E-state index contributed by atoms with van der Waals surface area (Å²) in [5.74, 6) is 6.30. The number of benzene rings is 2. The van der Waals surface area contributed by atoms with E-state index in [0.29, 0.717) is 27.8 Å². The number of imidazole rings is 1. The first-order valence-electron chi connectivity index (χ1n) is 9.08. The van der Waals surface area contributed by atoms with Crippen molar-refractivity contribution >= 4 is 29.1 Å². The predicted octanol–water partition coefficient (Wildman–Crippen LogP) is 4.87. The molecule has 1 fully saturated rings. The zero-order valence-electron chi connectivity index (χ0n) is 14.8. The fourth-order valence-electron chi connectivity index (χ4n) is 4.03. The maximum absolute atomic E-state index is 13.2. The van der Waals surface area contributed by atoms with Crippen LogP contribution in [0.25, 0.3) is 5.69 Å². The zero-order chi connectivity index (χ0) is 19.3. The van der Waals surface area contributed by atoms with Crippen LogP contribution in [0.5, 0.6) is 0 Å². The summed E-state index contributed by atoms with van der Waals surface area (Å²) in [5.41, 5.74) is 3.73. The molecule has 138 valence electrons. The largest absolute Gasteiger partial charge is 0.330 e. The first-order chi connectivity index (χ1) is 13.6. The zero-order valence-corrected chi connectivity index (χ0v) is 16.3. The molecule has 6 heteroatoms. The SMILES string of the molecule is O=C1c2c(Cl)cccc2-n2cnc(C#Cc3cccc(Cl)c3)c2[C@@H]2CCCN12. The lowest BCUT2D eigenvalue weighted by Gasteiger charge is -2.22. The highest BCUT2D eigenvalue weighted by Crippen LogP contribution is 2.41. The second-order valence-corrected chi connectivity index (χ2v) is 7.74. The van der Waals surface area contributed by atoms with E-state index >= 15 is 0 Å². The van der Waals surface area contributed by atoms with Gasteiger partial charge in [-0.25, -0.2) is 4.98 Å². The van der Waals surface area contributed by atoms with Gasteiger partial charge in [0.15, 0.2) is 0 Å². The number of fused-ring (bicyclic) bond motifs is 5. The number of rotatable bonds is 0. The Kier molecular flexibility index (Phi) is 4.16. The summed E-state index contributed by atoms with van der Waals surface area (Å²) in [5, 5.41) is 1.10. The average molecular weight is 408 g/mol. The fraction of sp³-hybridized carbons (Fsp3) is 0.182. The van der Waals surface area contributed by atoms with Crippen LogP contribution in [0.3, 0.4) is 0 Å². The summed E-state index contributed by atoms with van der Waals surface area (Å²) in [4.78, 5) is 19.7. The normalized spacial score (nSPS) is 17.3. The topological polar surface area (TPSA) is 38.1 Å². The quantitative estimate of drug-likeness (QED) is 0.498. The lowest BCUT2D eigenvalue weighted by Crippen LogP contribution is -2.30. The number of carbonyl (C=O) groups is 1. The van der Waals surface area contributed by atoms with Crippen molar-refractivity contribution in [2.75, 3.05) is 6.54 Å². The van der Waals surface area contributed by atoms with Gasteiger partial charge >= 0.3 is 0 Å². The Morgan fingerprint density at radius 2 is 1.96 bits per heavy atom. The van der Waals surface area contributed by atoms with Crippen LogP contribution >= 0.6 is 23.2 Å². The van der Waals surface area contributed by atoms with Gasteiger partial charge in [0.05, 0.1) is 28.0 Å². The van der Waals surface area contributed by atoms with Crippen LogP contribution < -0.4 is 0 Å². The number of halogens is 2. The maximum Gasteiger partial charge on any atom is 0.258 e. The van der Waals surface area contributed by atoms with Crippen molar-refractivity contribution in [1.82, 2.24) is 14.5 Å². The molecule has 0 N–H and O–H groups in total. The molecule has 3 heterocycles. The number of amides is 1. The van der Waals surface area contributed by atoms with Crippen molar-refractivity contribution in [3.8, 4) is 17.5 Å². The Balaban J connectivity index is 1.70. The highest BCUT2D eigenvalue weighted by atomic mass is 35.5. The summed E-state index contributed by atoms with van der Waals surface area (Å²) in [6.45, 7) is 0.709. The molecule has 3 aromatic rings. The molecule has 0 bridgehead atoms.